The summed E-state index contributed by atoms with van der Waals surface area (Å²) in [5, 5.41) is 50.9. The van der Waals surface area contributed by atoms with E-state index < -0.39 is 35.6 Å². The SMILES string of the molecule is CC.CCO[C@@H]([C@H]1C[C@@H](C)[C@H]2[C@H](O1)[C@H](O)[C@@]1(C)[C@@H]3CC[C@H]4C(C)(C)[C@@H](O[C@H]5CN(C6CN(C7CCC7)C6)CCO5)CCC45C[C@@]35CC[C@]21C)C(C)(C)O.CCO[C@@H]([C@H]1C[C@@H](C)[C@H]2[C@H](O1)[C@H](O)[C@@]1(C)[C@@H]3CC[C@H]4C(C)(C)[C@@H](O[C@H]5CN(C6CNC6)CCO5)CCC45C[C@@]35CC[C@]21C)C(C)(C)O.[2H]C. The fourth-order valence-corrected chi connectivity index (χ4v) is 30.2. The monoisotopic (exact) mass is 1420 g/mol. The molecular weight excluding hydrogens is 1270 g/mol. The van der Waals surface area contributed by atoms with Crippen LogP contribution in [-0.2, 0) is 37.9 Å². The first-order chi connectivity index (χ1) is 48.2. The van der Waals surface area contributed by atoms with Gasteiger partial charge in [-0.05, 0) is 248 Å². The molecule has 17 aliphatic rings. The summed E-state index contributed by atoms with van der Waals surface area (Å²) < 4.78 is 58.6. The Hall–Kier alpha value is -0.640. The number of hydrogen-bond donors (Lipinski definition) is 5. The van der Waals surface area contributed by atoms with Crippen molar-refractivity contribution in [2.75, 3.05) is 78.8 Å². The van der Waals surface area contributed by atoms with Crippen molar-refractivity contribution in [1.29, 1.82) is 0 Å². The van der Waals surface area contributed by atoms with Gasteiger partial charge in [-0.25, -0.2) is 0 Å². The highest BCUT2D eigenvalue weighted by atomic mass is 16.7. The van der Waals surface area contributed by atoms with Gasteiger partial charge in [0.15, 0.2) is 12.6 Å². The summed E-state index contributed by atoms with van der Waals surface area (Å²) in [6.45, 7) is 51.3. The molecule has 17 fully saturated rings. The minimum Gasteiger partial charge on any atom is -0.390 e. The van der Waals surface area contributed by atoms with Crippen LogP contribution in [0.1, 0.15) is 255 Å². The largest absolute Gasteiger partial charge is 0.390 e. The summed E-state index contributed by atoms with van der Waals surface area (Å²) in [6, 6.07) is 2.16. The molecule has 28 atom stereocenters. The standard InChI is InChI=1S/C43H72N2O6.C39H66N2O6.C2H6.CH4/c1-9-48-37(39(5,6)47)29-21-26(2)34-35(50-29)36(46)41(8)31-14-13-30-38(3,4)32(15-16-42(30)25-43(31,42)18-17-40(34,41)7)51-33-24-44(19-20-49-33)28-22-45(23-28)27-11-10-12-27;1-9-44-33(35(5,6)43)25-18-23(2)30-31(46-25)32(42)37(8)27-11-10-26-34(3,4)28(47-29-21-41(16-17-45-29)24-19-40-20-24)12-13-38(26)22-39(27,38)15-14-36(30,37)7;1-2;/h26-37,46-47H,9-25H2,1-8H3;23-33,40,42-43H,9-22H2,1-8H3;1-2H3;1H4/t26-,29-,30+,31+,32+,33+,34+,35+,36+,37+,40-,41-,42?,43+;23-,25-,26+,27+,28+,29+,30+,31+,32+,33+,36-,37-,38?,39+;;/m11../s1/i;;;1D. The van der Waals surface area contributed by atoms with E-state index in [4.69, 9.17) is 39.3 Å². The average molecular weight is 1420 g/mol. The summed E-state index contributed by atoms with van der Waals surface area (Å²) >= 11 is 0. The molecule has 16 nitrogen and oxygen atoms in total. The topological polar surface area (TPSA) is 177 Å². The van der Waals surface area contributed by atoms with E-state index in [1.165, 1.54) is 117 Å². The van der Waals surface area contributed by atoms with E-state index in [1.54, 1.807) is 0 Å². The minimum atomic E-state index is -1.01. The Bertz CT molecular complexity index is 2920. The van der Waals surface area contributed by atoms with E-state index in [9.17, 15) is 20.4 Å². The first-order valence-corrected chi connectivity index (χ1v) is 42.1. The average Bonchev–Trinajstić information content (AvgIpc) is 1.46. The van der Waals surface area contributed by atoms with Crippen LogP contribution in [0, 0.1) is 101 Å². The molecule has 11 aliphatic carbocycles. The van der Waals surface area contributed by atoms with Crippen molar-refractivity contribution in [2.45, 2.75) is 357 Å². The quantitative estimate of drug-likeness (QED) is 0.105. The molecule has 6 heterocycles. The van der Waals surface area contributed by atoms with Crippen LogP contribution in [0.3, 0.4) is 0 Å². The van der Waals surface area contributed by atoms with Gasteiger partial charge in [-0.2, -0.15) is 0 Å². The van der Waals surface area contributed by atoms with Crippen LogP contribution in [0.25, 0.3) is 0 Å². The number of fused-ring (bicyclic) bond motifs is 8. The number of likely N-dealkylation sites (tertiary alicyclic amines) is 1. The van der Waals surface area contributed by atoms with Gasteiger partial charge in [0.05, 0.1) is 73.2 Å². The Kier molecular flexibility index (Phi) is 20.1. The van der Waals surface area contributed by atoms with E-state index in [1.807, 2.05) is 55.4 Å². The van der Waals surface area contributed by atoms with Crippen LogP contribution in [-0.4, -0.2) is 217 Å². The number of aliphatic hydroxyl groups excluding tert-OH is 2. The Morgan fingerprint density at radius 1 is 0.525 bits per heavy atom. The number of nitrogens with zero attached hydrogens (tertiary/aromatic N) is 3. The lowest BCUT2D eigenvalue weighted by Gasteiger charge is -2.64. The van der Waals surface area contributed by atoms with Gasteiger partial charge in [0.25, 0.3) is 0 Å². The molecule has 5 N–H and O–H groups in total. The van der Waals surface area contributed by atoms with Crippen LogP contribution < -0.4 is 5.32 Å². The second-order valence-electron chi connectivity index (χ2n) is 40.5. The summed E-state index contributed by atoms with van der Waals surface area (Å²) in [7, 11) is 1.25. The second kappa shape index (κ2) is 26.8. The number of rotatable bonds is 15. The van der Waals surface area contributed by atoms with Crippen molar-refractivity contribution in [3.8, 4) is 0 Å². The first kappa shape index (κ1) is 75.8. The van der Waals surface area contributed by atoms with Crippen molar-refractivity contribution < 1.29 is 59.7 Å². The highest BCUT2D eigenvalue weighted by molar-refractivity contribution is 5.35. The van der Waals surface area contributed by atoms with Crippen LogP contribution >= 0.6 is 0 Å². The molecule has 17 rings (SSSR count). The highest BCUT2D eigenvalue weighted by Gasteiger charge is 2.87. The van der Waals surface area contributed by atoms with Gasteiger partial charge in [0.2, 0.25) is 0 Å². The molecule has 16 heteroatoms. The number of nitrogens with one attached hydrogen (secondary N) is 1. The predicted octanol–water partition coefficient (Wildman–Crippen LogP) is 12.9. The van der Waals surface area contributed by atoms with E-state index >= 15 is 0 Å². The maximum absolute atomic E-state index is 12.7. The van der Waals surface area contributed by atoms with Crippen molar-refractivity contribution in [3.05, 3.63) is 0 Å². The maximum Gasteiger partial charge on any atom is 0.170 e. The summed E-state index contributed by atoms with van der Waals surface area (Å²) in [5.74, 6) is 3.75. The van der Waals surface area contributed by atoms with Crippen molar-refractivity contribution in [3.63, 3.8) is 0 Å². The van der Waals surface area contributed by atoms with E-state index in [-0.39, 0.29) is 81.7 Å². The molecule has 0 aromatic carbocycles. The Morgan fingerprint density at radius 3 is 1.29 bits per heavy atom. The Morgan fingerprint density at radius 2 is 0.921 bits per heavy atom. The summed E-state index contributed by atoms with van der Waals surface area (Å²) in [6.07, 6.45) is 20.6. The molecule has 6 aliphatic heterocycles. The number of aliphatic hydroxyl groups is 4. The van der Waals surface area contributed by atoms with Crippen molar-refractivity contribution in [1.82, 2.24) is 20.0 Å². The van der Waals surface area contributed by atoms with Crippen LogP contribution in [0.5, 0.6) is 0 Å². The summed E-state index contributed by atoms with van der Waals surface area (Å²) in [4.78, 5) is 7.94. The lowest BCUT2D eigenvalue weighted by molar-refractivity contribution is -0.254. The number of hydrogen-bond acceptors (Lipinski definition) is 16. The smallest absolute Gasteiger partial charge is 0.170 e. The zero-order valence-corrected chi connectivity index (χ0v) is 67.1. The molecule has 6 saturated heterocycles. The third-order valence-electron chi connectivity index (χ3n) is 35.3. The summed E-state index contributed by atoms with van der Waals surface area (Å²) in [5.41, 5.74) is -0.794. The van der Waals surface area contributed by atoms with Gasteiger partial charge < -0.3 is 63.6 Å². The molecule has 0 aromatic heterocycles. The fraction of sp³-hybridized carbons (Fsp3) is 1.00. The highest BCUT2D eigenvalue weighted by Crippen LogP contribution is 2.91. The molecule has 11 saturated carbocycles. The van der Waals surface area contributed by atoms with Gasteiger partial charge in [-0.3, -0.25) is 14.7 Å². The molecule has 0 amide bonds. The van der Waals surface area contributed by atoms with Crippen molar-refractivity contribution >= 4 is 0 Å². The van der Waals surface area contributed by atoms with E-state index in [0.29, 0.717) is 94.3 Å². The fourth-order valence-electron chi connectivity index (χ4n) is 30.2. The lowest BCUT2D eigenvalue weighted by atomic mass is 9.41. The van der Waals surface area contributed by atoms with Gasteiger partial charge in [0.1, 0.15) is 12.2 Å². The Balaban J connectivity index is 0.000000165. The van der Waals surface area contributed by atoms with E-state index in [2.05, 4.69) is 89.3 Å². The zero-order valence-electron chi connectivity index (χ0n) is 68.1. The van der Waals surface area contributed by atoms with E-state index in [0.717, 1.165) is 84.2 Å². The molecule has 0 aromatic rings. The number of ether oxygens (including phenoxy) is 8. The van der Waals surface area contributed by atoms with Gasteiger partial charge >= 0.3 is 0 Å². The molecule has 0 bridgehead atoms. The molecule has 4 spiro atoms. The van der Waals surface area contributed by atoms with Crippen LogP contribution in [0.15, 0.2) is 0 Å². The zero-order chi connectivity index (χ0) is 73.3. The molecular formula is C85H148N4O12. The van der Waals surface area contributed by atoms with Crippen LogP contribution in [0.2, 0.25) is 0 Å². The molecule has 0 radical (unpaired) electrons. The van der Waals surface area contributed by atoms with Gasteiger partial charge in [-0.15, -0.1) is 0 Å². The molecule has 580 valence electrons. The molecule has 101 heavy (non-hydrogen) atoms. The second-order valence-corrected chi connectivity index (χ2v) is 40.5. The first-order valence-electron chi connectivity index (χ1n) is 43.1. The van der Waals surface area contributed by atoms with Crippen molar-refractivity contribution in [2.24, 2.45) is 101 Å². The lowest BCUT2D eigenvalue weighted by Crippen LogP contribution is -2.66. The van der Waals surface area contributed by atoms with Crippen LogP contribution in [0.4, 0.5) is 0 Å². The number of morpholine rings is 2. The van der Waals surface area contributed by atoms with Gasteiger partial charge in [-0.1, -0.05) is 96.9 Å². The Labute approximate surface area is 614 Å². The normalized spacial score (nSPS) is 51.1. The molecule has 2 unspecified atom stereocenters. The van der Waals surface area contributed by atoms with Gasteiger partial charge in [0, 0.05) is 95.9 Å². The maximum atomic E-state index is 12.7. The third-order valence-corrected chi connectivity index (χ3v) is 35.3. The minimum absolute atomic E-state index is 0.0270. The third kappa shape index (κ3) is 11.2. The predicted molar refractivity (Wildman–Crippen MR) is 396 cm³/mol.